The van der Waals surface area contributed by atoms with Crippen molar-refractivity contribution in [1.82, 2.24) is 9.88 Å². The second-order valence-electron chi connectivity index (χ2n) is 9.62. The fourth-order valence-corrected chi connectivity index (χ4v) is 5.28. The molecule has 0 N–H and O–H groups in total. The van der Waals surface area contributed by atoms with Crippen LogP contribution in [0.2, 0.25) is 0 Å². The Morgan fingerprint density at radius 2 is 1.86 bits per heavy atom. The molecule has 0 radical (unpaired) electrons. The van der Waals surface area contributed by atoms with E-state index in [4.69, 9.17) is 23.6 Å². The number of nitrogens with zero attached hydrogens (tertiary/aromatic N) is 2. The highest BCUT2D eigenvalue weighted by Gasteiger charge is 2.24. The van der Waals surface area contributed by atoms with Crippen LogP contribution in [0.4, 0.5) is 8.78 Å². The van der Waals surface area contributed by atoms with Gasteiger partial charge in [0.2, 0.25) is 5.89 Å². The van der Waals surface area contributed by atoms with E-state index in [9.17, 15) is 8.78 Å². The Morgan fingerprint density at radius 3 is 2.65 bits per heavy atom. The summed E-state index contributed by atoms with van der Waals surface area (Å²) < 4.78 is 48.8. The van der Waals surface area contributed by atoms with Crippen LogP contribution in [0.3, 0.4) is 0 Å². The predicted molar refractivity (Wildman–Crippen MR) is 136 cm³/mol. The van der Waals surface area contributed by atoms with Crippen molar-refractivity contribution in [2.45, 2.75) is 45.9 Å². The van der Waals surface area contributed by atoms with Crippen molar-refractivity contribution in [2.75, 3.05) is 19.8 Å². The number of oxazole rings is 1. The molecule has 0 unspecified atom stereocenters. The number of fused-ring (bicyclic) bond motifs is 2. The third kappa shape index (κ3) is 4.62. The van der Waals surface area contributed by atoms with E-state index in [0.29, 0.717) is 48.4 Å². The monoisotopic (exact) mass is 506 g/mol. The first-order chi connectivity index (χ1) is 18.0. The number of aromatic nitrogens is 1. The van der Waals surface area contributed by atoms with E-state index in [1.54, 1.807) is 0 Å². The fourth-order valence-electron chi connectivity index (χ4n) is 5.28. The largest absolute Gasteiger partial charge is 0.486 e. The first kappa shape index (κ1) is 23.7. The first-order valence-electron chi connectivity index (χ1n) is 12.6. The molecule has 4 aromatic rings. The number of benzene rings is 3. The summed E-state index contributed by atoms with van der Waals surface area (Å²) in [4.78, 5) is 7.03. The van der Waals surface area contributed by atoms with E-state index in [1.165, 1.54) is 6.07 Å². The number of hydrogen-bond acceptors (Lipinski definition) is 6. The summed E-state index contributed by atoms with van der Waals surface area (Å²) in [5.74, 6) is 2.03. The SMILES string of the molecule is Cc1c(-c2ccc3c(c2)OCCO3)cccc1-c1nc2cc(CN3CCC[C@H]3C)c(OC(F)F)cc2o1. The minimum Gasteiger partial charge on any atom is -0.486 e. The standard InChI is InChI=1S/C29H28F2N2O4/c1-17-5-4-10-33(17)16-20-13-23-26(15-25(20)37-29(30)31)36-28(32-23)22-7-3-6-21(18(22)2)19-8-9-24-27(14-19)35-12-11-34-24/h3,6-9,13-15,17,29H,4-5,10-12,16H2,1-2H3/t17-/m1/s1. The van der Waals surface area contributed by atoms with Crippen LogP contribution in [-0.2, 0) is 6.54 Å². The fraction of sp³-hybridized carbons (Fsp3) is 0.345. The number of halogens is 2. The summed E-state index contributed by atoms with van der Waals surface area (Å²) in [6.07, 6.45) is 2.20. The van der Waals surface area contributed by atoms with Crippen LogP contribution < -0.4 is 14.2 Å². The lowest BCUT2D eigenvalue weighted by molar-refractivity contribution is -0.0507. The summed E-state index contributed by atoms with van der Waals surface area (Å²) in [5.41, 5.74) is 5.53. The molecule has 8 heteroatoms. The molecule has 2 aliphatic heterocycles. The molecule has 0 saturated carbocycles. The molecule has 1 saturated heterocycles. The van der Waals surface area contributed by atoms with Crippen LogP contribution >= 0.6 is 0 Å². The number of likely N-dealkylation sites (tertiary alicyclic amines) is 1. The first-order valence-corrected chi connectivity index (χ1v) is 12.6. The molecule has 192 valence electrons. The highest BCUT2D eigenvalue weighted by Crippen LogP contribution is 2.39. The van der Waals surface area contributed by atoms with Crippen molar-refractivity contribution in [2.24, 2.45) is 0 Å². The van der Waals surface area contributed by atoms with Crippen molar-refractivity contribution in [3.63, 3.8) is 0 Å². The molecule has 6 nitrogen and oxygen atoms in total. The Bertz CT molecular complexity index is 1450. The average molecular weight is 507 g/mol. The van der Waals surface area contributed by atoms with Crippen LogP contribution in [-0.4, -0.2) is 42.3 Å². The Balaban J connectivity index is 1.38. The second-order valence-corrected chi connectivity index (χ2v) is 9.62. The van der Waals surface area contributed by atoms with Gasteiger partial charge < -0.3 is 18.6 Å². The van der Waals surface area contributed by atoms with Crippen molar-refractivity contribution in [3.8, 4) is 39.8 Å². The van der Waals surface area contributed by atoms with Crippen LogP contribution in [0.25, 0.3) is 33.7 Å². The Kier molecular flexibility index (Phi) is 6.20. The van der Waals surface area contributed by atoms with Crippen LogP contribution in [0.5, 0.6) is 17.2 Å². The highest BCUT2D eigenvalue weighted by atomic mass is 19.3. The van der Waals surface area contributed by atoms with Gasteiger partial charge in [0.05, 0.1) is 0 Å². The molecule has 2 aliphatic rings. The minimum absolute atomic E-state index is 0.131. The molecule has 1 atom stereocenters. The quantitative estimate of drug-likeness (QED) is 0.286. The van der Waals surface area contributed by atoms with Gasteiger partial charge in [-0.1, -0.05) is 18.2 Å². The molecule has 0 spiro atoms. The molecule has 3 heterocycles. The van der Waals surface area contributed by atoms with Gasteiger partial charge in [0.1, 0.15) is 24.5 Å². The molecule has 1 aromatic heterocycles. The zero-order valence-electron chi connectivity index (χ0n) is 20.8. The number of alkyl halides is 2. The number of rotatable bonds is 6. The van der Waals surface area contributed by atoms with Gasteiger partial charge in [0.25, 0.3) is 0 Å². The van der Waals surface area contributed by atoms with E-state index in [0.717, 1.165) is 53.1 Å². The maximum absolute atomic E-state index is 13.2. The van der Waals surface area contributed by atoms with Gasteiger partial charge in [-0.2, -0.15) is 8.78 Å². The molecule has 3 aromatic carbocycles. The third-order valence-corrected chi connectivity index (χ3v) is 7.27. The lowest BCUT2D eigenvalue weighted by Gasteiger charge is -2.22. The maximum Gasteiger partial charge on any atom is 0.387 e. The Hall–Kier alpha value is -3.65. The van der Waals surface area contributed by atoms with Gasteiger partial charge >= 0.3 is 6.61 Å². The van der Waals surface area contributed by atoms with Gasteiger partial charge in [0.15, 0.2) is 17.1 Å². The Morgan fingerprint density at radius 1 is 1.05 bits per heavy atom. The van der Waals surface area contributed by atoms with Gasteiger partial charge in [-0.05, 0) is 74.2 Å². The molecule has 0 amide bonds. The summed E-state index contributed by atoms with van der Waals surface area (Å²) in [6.45, 7) is 3.78. The normalized spacial score (nSPS) is 17.6. The van der Waals surface area contributed by atoms with Gasteiger partial charge in [-0.15, -0.1) is 0 Å². The van der Waals surface area contributed by atoms with E-state index >= 15 is 0 Å². The van der Waals surface area contributed by atoms with Crippen molar-refractivity contribution in [1.29, 1.82) is 0 Å². The highest BCUT2D eigenvalue weighted by molar-refractivity contribution is 5.82. The van der Waals surface area contributed by atoms with Crippen LogP contribution in [0, 0.1) is 6.92 Å². The topological polar surface area (TPSA) is 57.0 Å². The van der Waals surface area contributed by atoms with E-state index in [2.05, 4.69) is 11.8 Å². The maximum atomic E-state index is 13.2. The average Bonchev–Trinajstić information content (AvgIpc) is 3.49. The lowest BCUT2D eigenvalue weighted by Crippen LogP contribution is -2.26. The van der Waals surface area contributed by atoms with E-state index in [-0.39, 0.29) is 5.75 Å². The molecular weight excluding hydrogens is 478 g/mol. The molecule has 0 bridgehead atoms. The smallest absolute Gasteiger partial charge is 0.387 e. The van der Waals surface area contributed by atoms with Gasteiger partial charge in [-0.25, -0.2) is 4.98 Å². The molecular formula is C29H28F2N2O4. The third-order valence-electron chi connectivity index (χ3n) is 7.27. The zero-order chi connectivity index (χ0) is 25.5. The summed E-state index contributed by atoms with van der Waals surface area (Å²) >= 11 is 0. The summed E-state index contributed by atoms with van der Waals surface area (Å²) in [7, 11) is 0. The van der Waals surface area contributed by atoms with E-state index < -0.39 is 6.61 Å². The van der Waals surface area contributed by atoms with Crippen molar-refractivity contribution < 1.29 is 27.4 Å². The van der Waals surface area contributed by atoms with E-state index in [1.807, 2.05) is 49.4 Å². The van der Waals surface area contributed by atoms with Crippen molar-refractivity contribution in [3.05, 3.63) is 59.7 Å². The van der Waals surface area contributed by atoms with Crippen molar-refractivity contribution >= 4 is 11.1 Å². The van der Waals surface area contributed by atoms with Crippen LogP contribution in [0.15, 0.2) is 52.9 Å². The molecule has 1 fully saturated rings. The molecule has 0 aliphatic carbocycles. The minimum atomic E-state index is -2.92. The zero-order valence-corrected chi connectivity index (χ0v) is 20.8. The summed E-state index contributed by atoms with van der Waals surface area (Å²) in [5, 5.41) is 0. The number of ether oxygens (including phenoxy) is 3. The van der Waals surface area contributed by atoms with Gasteiger partial charge in [-0.3, -0.25) is 4.90 Å². The number of hydrogen-bond donors (Lipinski definition) is 0. The Labute approximate surface area is 213 Å². The summed E-state index contributed by atoms with van der Waals surface area (Å²) in [6, 6.07) is 15.6. The molecule has 6 rings (SSSR count). The lowest BCUT2D eigenvalue weighted by atomic mass is 9.96. The van der Waals surface area contributed by atoms with Gasteiger partial charge in [0, 0.05) is 29.8 Å². The second kappa shape index (κ2) is 9.67. The van der Waals surface area contributed by atoms with Crippen LogP contribution in [0.1, 0.15) is 30.9 Å². The predicted octanol–water partition coefficient (Wildman–Crippen LogP) is 6.83. The molecule has 37 heavy (non-hydrogen) atoms.